The molecule has 1 aromatic heterocycles. The Kier molecular flexibility index (Phi) is 3.57. The third-order valence-corrected chi connectivity index (χ3v) is 3.49. The first-order chi connectivity index (χ1) is 11.0. The molecule has 118 valence electrons. The second kappa shape index (κ2) is 5.57. The summed E-state index contributed by atoms with van der Waals surface area (Å²) in [5.74, 6) is 0.599. The number of methoxy groups -OCH3 is 2. The molecule has 0 fully saturated rings. The van der Waals surface area contributed by atoms with Crippen LogP contribution in [-0.2, 0) is 0 Å². The molecule has 0 spiro atoms. The normalized spacial score (nSPS) is 10.7. The Bertz CT molecular complexity index is 942. The van der Waals surface area contributed by atoms with Crippen LogP contribution in [0.5, 0.6) is 23.0 Å². The summed E-state index contributed by atoms with van der Waals surface area (Å²) in [5.41, 5.74) is 0.543. The van der Waals surface area contributed by atoms with Crippen LogP contribution in [0.3, 0.4) is 0 Å². The molecule has 2 aromatic carbocycles. The Morgan fingerprint density at radius 1 is 0.913 bits per heavy atom. The molecule has 6 nitrogen and oxygen atoms in total. The summed E-state index contributed by atoms with van der Waals surface area (Å²) in [6, 6.07) is 8.63. The fraction of sp³-hybridized carbons (Fsp3) is 0.118. The van der Waals surface area contributed by atoms with Crippen LogP contribution in [0.1, 0.15) is 0 Å². The third-order valence-electron chi connectivity index (χ3n) is 3.49. The van der Waals surface area contributed by atoms with Crippen LogP contribution in [0.2, 0.25) is 0 Å². The maximum atomic E-state index is 12.3. The molecule has 3 rings (SSSR count). The number of hydrogen-bond donors (Lipinski definition) is 2. The van der Waals surface area contributed by atoms with Gasteiger partial charge >= 0.3 is 0 Å². The van der Waals surface area contributed by atoms with Gasteiger partial charge in [0.1, 0.15) is 11.3 Å². The van der Waals surface area contributed by atoms with Crippen LogP contribution in [0.15, 0.2) is 45.6 Å². The first kappa shape index (κ1) is 14.8. The van der Waals surface area contributed by atoms with E-state index in [1.807, 2.05) is 0 Å². The Balaban J connectivity index is 2.24. The van der Waals surface area contributed by atoms with Crippen LogP contribution in [0.25, 0.3) is 22.3 Å². The van der Waals surface area contributed by atoms with E-state index in [9.17, 15) is 15.0 Å². The molecule has 23 heavy (non-hydrogen) atoms. The quantitative estimate of drug-likeness (QED) is 0.723. The lowest BCUT2D eigenvalue weighted by atomic mass is 10.1. The van der Waals surface area contributed by atoms with Gasteiger partial charge in [0, 0.05) is 17.7 Å². The molecular weight excluding hydrogens is 300 g/mol. The summed E-state index contributed by atoms with van der Waals surface area (Å²) in [6.07, 6.45) is 0. The van der Waals surface area contributed by atoms with E-state index in [0.717, 1.165) is 0 Å². The van der Waals surface area contributed by atoms with Crippen LogP contribution < -0.4 is 14.9 Å². The first-order valence-electron chi connectivity index (χ1n) is 6.75. The topological polar surface area (TPSA) is 89.1 Å². The summed E-state index contributed by atoms with van der Waals surface area (Å²) < 4.78 is 16.1. The minimum Gasteiger partial charge on any atom is -0.504 e. The highest BCUT2D eigenvalue weighted by molar-refractivity contribution is 5.82. The van der Waals surface area contributed by atoms with Crippen molar-refractivity contribution >= 4 is 11.0 Å². The van der Waals surface area contributed by atoms with Crippen molar-refractivity contribution in [1.29, 1.82) is 0 Å². The van der Waals surface area contributed by atoms with E-state index in [-0.39, 0.29) is 22.7 Å². The zero-order valence-corrected chi connectivity index (χ0v) is 12.5. The molecule has 6 heteroatoms. The van der Waals surface area contributed by atoms with Crippen molar-refractivity contribution in [3.8, 4) is 34.3 Å². The van der Waals surface area contributed by atoms with Gasteiger partial charge in [-0.15, -0.1) is 0 Å². The van der Waals surface area contributed by atoms with Gasteiger partial charge in [-0.2, -0.15) is 0 Å². The maximum Gasteiger partial charge on any atom is 0.193 e. The number of phenols is 2. The Morgan fingerprint density at radius 3 is 2.26 bits per heavy atom. The summed E-state index contributed by atoms with van der Waals surface area (Å²) in [7, 11) is 2.97. The van der Waals surface area contributed by atoms with E-state index >= 15 is 0 Å². The van der Waals surface area contributed by atoms with Crippen molar-refractivity contribution < 1.29 is 24.1 Å². The van der Waals surface area contributed by atoms with Gasteiger partial charge in [0.2, 0.25) is 0 Å². The fourth-order valence-electron chi connectivity index (χ4n) is 2.30. The molecule has 0 aliphatic carbocycles. The van der Waals surface area contributed by atoms with Gasteiger partial charge in [0.25, 0.3) is 0 Å². The van der Waals surface area contributed by atoms with Crippen molar-refractivity contribution in [3.05, 3.63) is 46.6 Å². The number of fused-ring (bicyclic) bond motifs is 1. The minimum atomic E-state index is -0.294. The number of ether oxygens (including phenoxy) is 2. The van der Waals surface area contributed by atoms with Crippen LogP contribution in [0.4, 0.5) is 0 Å². The van der Waals surface area contributed by atoms with Crippen LogP contribution >= 0.6 is 0 Å². The predicted molar refractivity (Wildman–Crippen MR) is 84.4 cm³/mol. The van der Waals surface area contributed by atoms with Gasteiger partial charge in [0.15, 0.2) is 28.4 Å². The van der Waals surface area contributed by atoms with Crippen molar-refractivity contribution in [2.45, 2.75) is 0 Å². The van der Waals surface area contributed by atoms with E-state index < -0.39 is 0 Å². The molecule has 0 saturated carbocycles. The summed E-state index contributed by atoms with van der Waals surface area (Å²) in [4.78, 5) is 12.3. The lowest BCUT2D eigenvalue weighted by Crippen LogP contribution is -2.02. The highest BCUT2D eigenvalue weighted by Crippen LogP contribution is 2.34. The van der Waals surface area contributed by atoms with Crippen molar-refractivity contribution in [2.75, 3.05) is 14.2 Å². The maximum absolute atomic E-state index is 12.3. The molecule has 0 unspecified atom stereocenters. The third kappa shape index (κ3) is 2.55. The average molecular weight is 314 g/mol. The molecule has 3 aromatic rings. The number of rotatable bonds is 3. The fourth-order valence-corrected chi connectivity index (χ4v) is 2.30. The Hall–Kier alpha value is -3.15. The second-order valence-electron chi connectivity index (χ2n) is 4.88. The van der Waals surface area contributed by atoms with Crippen molar-refractivity contribution in [2.24, 2.45) is 0 Å². The highest BCUT2D eigenvalue weighted by Gasteiger charge is 2.13. The molecule has 0 amide bonds. The predicted octanol–water partition coefficient (Wildman–Crippen LogP) is 2.89. The Labute approximate surface area is 131 Å². The number of benzene rings is 2. The van der Waals surface area contributed by atoms with E-state index in [1.54, 1.807) is 18.2 Å². The standard InChI is InChI=1S/C17H14O6/c1-21-16-6-10-12(19)7-14(23-15(10)8-17(16)22-2)9-3-4-11(18)13(20)5-9/h3-8,18,20H,1-2H3. The van der Waals surface area contributed by atoms with E-state index in [1.165, 1.54) is 32.4 Å². The zero-order chi connectivity index (χ0) is 16.6. The van der Waals surface area contributed by atoms with Crippen LogP contribution in [-0.4, -0.2) is 24.4 Å². The van der Waals surface area contributed by atoms with Crippen LogP contribution in [0, 0.1) is 0 Å². The minimum absolute atomic E-state index is 0.247. The molecule has 0 radical (unpaired) electrons. The van der Waals surface area contributed by atoms with Gasteiger partial charge in [-0.05, 0) is 24.3 Å². The molecule has 0 aliphatic rings. The van der Waals surface area contributed by atoms with Gasteiger partial charge in [-0.25, -0.2) is 0 Å². The van der Waals surface area contributed by atoms with Gasteiger partial charge in [-0.3, -0.25) is 4.79 Å². The lowest BCUT2D eigenvalue weighted by Gasteiger charge is -2.09. The molecule has 1 heterocycles. The van der Waals surface area contributed by atoms with E-state index in [4.69, 9.17) is 13.9 Å². The second-order valence-corrected chi connectivity index (χ2v) is 4.88. The lowest BCUT2D eigenvalue weighted by molar-refractivity contribution is 0.355. The van der Waals surface area contributed by atoms with Crippen molar-refractivity contribution in [3.63, 3.8) is 0 Å². The molecule has 0 aliphatic heterocycles. The summed E-state index contributed by atoms with van der Waals surface area (Å²) in [5, 5.41) is 19.3. The number of phenolic OH excluding ortho intramolecular Hbond substituents is 2. The monoisotopic (exact) mass is 314 g/mol. The molecule has 2 N–H and O–H groups in total. The number of hydrogen-bond acceptors (Lipinski definition) is 6. The molecular formula is C17H14O6. The van der Waals surface area contributed by atoms with E-state index in [2.05, 4.69) is 0 Å². The first-order valence-corrected chi connectivity index (χ1v) is 6.75. The van der Waals surface area contributed by atoms with Crippen molar-refractivity contribution in [1.82, 2.24) is 0 Å². The van der Waals surface area contributed by atoms with E-state index in [0.29, 0.717) is 28.0 Å². The van der Waals surface area contributed by atoms with Gasteiger partial charge < -0.3 is 24.1 Å². The summed E-state index contributed by atoms with van der Waals surface area (Å²) >= 11 is 0. The Morgan fingerprint density at radius 2 is 1.61 bits per heavy atom. The average Bonchev–Trinajstić information content (AvgIpc) is 2.56. The van der Waals surface area contributed by atoms with Gasteiger partial charge in [0.05, 0.1) is 19.6 Å². The molecule has 0 saturated heterocycles. The molecule has 0 bridgehead atoms. The van der Waals surface area contributed by atoms with Gasteiger partial charge in [-0.1, -0.05) is 0 Å². The highest BCUT2D eigenvalue weighted by atomic mass is 16.5. The number of aromatic hydroxyl groups is 2. The largest absolute Gasteiger partial charge is 0.504 e. The SMILES string of the molecule is COc1cc2oc(-c3ccc(O)c(O)c3)cc(=O)c2cc1OC. The molecule has 0 atom stereocenters. The zero-order valence-electron chi connectivity index (χ0n) is 12.5. The summed E-state index contributed by atoms with van der Waals surface area (Å²) in [6.45, 7) is 0. The smallest absolute Gasteiger partial charge is 0.193 e.